The second-order valence-corrected chi connectivity index (χ2v) is 6.20. The van der Waals surface area contributed by atoms with Gasteiger partial charge in [0, 0.05) is 4.88 Å². The molecule has 1 aliphatic carbocycles. The van der Waals surface area contributed by atoms with Crippen LogP contribution in [0.25, 0.3) is 0 Å². The second kappa shape index (κ2) is 5.42. The Morgan fingerprint density at radius 1 is 1.55 bits per heavy atom. The van der Waals surface area contributed by atoms with Gasteiger partial charge < -0.3 is 11.1 Å². The van der Waals surface area contributed by atoms with Crippen LogP contribution < -0.4 is 11.1 Å². The third-order valence-corrected chi connectivity index (χ3v) is 4.71. The first-order valence-electron chi connectivity index (χ1n) is 6.43. The van der Waals surface area contributed by atoms with E-state index in [0.29, 0.717) is 11.3 Å². The Balaban J connectivity index is 1.82. The smallest absolute Gasteiger partial charge is 0.254 e. The molecule has 0 aromatic carbocycles. The van der Waals surface area contributed by atoms with Crippen LogP contribution in [-0.2, 0) is 6.42 Å². The zero-order valence-corrected chi connectivity index (χ0v) is 12.3. The number of carbonyl (C=O) groups is 1. The number of fused-ring (bicyclic) bond motifs is 1. The molecule has 0 saturated carbocycles. The van der Waals surface area contributed by atoms with Gasteiger partial charge in [-0.2, -0.15) is 0 Å². The lowest BCUT2D eigenvalue weighted by atomic mass is 9.94. The van der Waals surface area contributed by atoms with Gasteiger partial charge >= 0.3 is 0 Å². The number of nitrogens with two attached hydrogens (primary N) is 1. The summed E-state index contributed by atoms with van der Waals surface area (Å²) in [5.74, 6) is -0.198. The Hall–Kier alpha value is -1.59. The number of aromatic nitrogens is 1. The number of anilines is 1. The van der Waals surface area contributed by atoms with E-state index in [-0.39, 0.29) is 17.1 Å². The van der Waals surface area contributed by atoms with Gasteiger partial charge in [0.2, 0.25) is 0 Å². The van der Waals surface area contributed by atoms with Gasteiger partial charge in [-0.25, -0.2) is 4.98 Å². The molecular formula is C14H14ClN3OS. The van der Waals surface area contributed by atoms with Crippen LogP contribution in [0.2, 0.25) is 5.15 Å². The number of nitrogen functional groups attached to an aromatic ring is 1. The molecule has 104 valence electrons. The zero-order chi connectivity index (χ0) is 14.1. The minimum atomic E-state index is -0.198. The quantitative estimate of drug-likeness (QED) is 0.837. The van der Waals surface area contributed by atoms with E-state index >= 15 is 0 Å². The number of rotatable bonds is 2. The third-order valence-electron chi connectivity index (χ3n) is 3.50. The zero-order valence-electron chi connectivity index (χ0n) is 10.7. The number of halogens is 1. The number of aryl methyl sites for hydroxylation is 1. The molecular weight excluding hydrogens is 294 g/mol. The highest BCUT2D eigenvalue weighted by atomic mass is 35.5. The van der Waals surface area contributed by atoms with Crippen molar-refractivity contribution in [1.82, 2.24) is 10.3 Å². The van der Waals surface area contributed by atoms with Gasteiger partial charge in [0.15, 0.2) is 0 Å². The van der Waals surface area contributed by atoms with Gasteiger partial charge in [-0.3, -0.25) is 4.79 Å². The number of hydrogen-bond donors (Lipinski definition) is 2. The molecule has 0 aliphatic heterocycles. The molecule has 4 nitrogen and oxygen atoms in total. The molecule has 1 aliphatic rings. The molecule has 3 N–H and O–H groups in total. The first-order chi connectivity index (χ1) is 9.65. The number of nitrogens with one attached hydrogen (secondary N) is 1. The van der Waals surface area contributed by atoms with E-state index in [1.54, 1.807) is 11.3 Å². The van der Waals surface area contributed by atoms with Crippen molar-refractivity contribution in [2.45, 2.75) is 25.3 Å². The monoisotopic (exact) mass is 307 g/mol. The molecule has 0 saturated heterocycles. The summed E-state index contributed by atoms with van der Waals surface area (Å²) in [6.07, 6.45) is 4.55. The Morgan fingerprint density at radius 3 is 3.25 bits per heavy atom. The first kappa shape index (κ1) is 13.4. The van der Waals surface area contributed by atoms with E-state index in [4.69, 9.17) is 17.3 Å². The van der Waals surface area contributed by atoms with Crippen LogP contribution in [0.3, 0.4) is 0 Å². The lowest BCUT2D eigenvalue weighted by molar-refractivity contribution is 0.0934. The van der Waals surface area contributed by atoms with Gasteiger partial charge in [-0.15, -0.1) is 11.3 Å². The fourth-order valence-corrected chi connectivity index (χ4v) is 3.65. The van der Waals surface area contributed by atoms with Crippen LogP contribution in [0.4, 0.5) is 5.69 Å². The number of carbonyl (C=O) groups excluding carboxylic acids is 1. The van der Waals surface area contributed by atoms with Gasteiger partial charge in [-0.1, -0.05) is 11.6 Å². The van der Waals surface area contributed by atoms with Gasteiger partial charge in [0.25, 0.3) is 5.91 Å². The van der Waals surface area contributed by atoms with Crippen LogP contribution in [0, 0.1) is 0 Å². The summed E-state index contributed by atoms with van der Waals surface area (Å²) in [5, 5.41) is 5.39. The molecule has 1 unspecified atom stereocenters. The molecule has 0 spiro atoms. The van der Waals surface area contributed by atoms with Crippen molar-refractivity contribution in [3.8, 4) is 0 Å². The van der Waals surface area contributed by atoms with Crippen molar-refractivity contribution in [3.63, 3.8) is 0 Å². The summed E-state index contributed by atoms with van der Waals surface area (Å²) in [6, 6.07) is 3.65. The lowest BCUT2D eigenvalue weighted by Gasteiger charge is -2.24. The SMILES string of the molecule is Nc1cnc(Cl)cc1C(=O)NC1CCCc2sccc21. The van der Waals surface area contributed by atoms with E-state index in [0.717, 1.165) is 19.3 Å². The molecule has 0 bridgehead atoms. The topological polar surface area (TPSA) is 68.0 Å². The summed E-state index contributed by atoms with van der Waals surface area (Å²) in [4.78, 5) is 17.6. The van der Waals surface area contributed by atoms with Crippen LogP contribution >= 0.6 is 22.9 Å². The highest BCUT2D eigenvalue weighted by molar-refractivity contribution is 7.10. The van der Waals surface area contributed by atoms with Crippen molar-refractivity contribution < 1.29 is 4.79 Å². The molecule has 1 atom stereocenters. The molecule has 2 heterocycles. The molecule has 3 rings (SSSR count). The molecule has 6 heteroatoms. The normalized spacial score (nSPS) is 17.6. The van der Waals surface area contributed by atoms with Crippen LogP contribution in [0.15, 0.2) is 23.7 Å². The lowest BCUT2D eigenvalue weighted by Crippen LogP contribution is -2.31. The molecule has 2 aromatic rings. The van der Waals surface area contributed by atoms with Crippen LogP contribution in [-0.4, -0.2) is 10.9 Å². The largest absolute Gasteiger partial charge is 0.397 e. The minimum Gasteiger partial charge on any atom is -0.397 e. The Labute approximate surface area is 126 Å². The molecule has 0 fully saturated rings. The summed E-state index contributed by atoms with van der Waals surface area (Å²) in [6.45, 7) is 0. The average molecular weight is 308 g/mol. The maximum absolute atomic E-state index is 12.3. The van der Waals surface area contributed by atoms with E-state index in [1.165, 1.54) is 22.7 Å². The van der Waals surface area contributed by atoms with E-state index in [9.17, 15) is 4.79 Å². The maximum Gasteiger partial charge on any atom is 0.254 e. The van der Waals surface area contributed by atoms with Crippen molar-refractivity contribution in [2.75, 3.05) is 5.73 Å². The number of thiophene rings is 1. The van der Waals surface area contributed by atoms with Gasteiger partial charge in [0.1, 0.15) is 5.15 Å². The minimum absolute atomic E-state index is 0.0591. The highest BCUT2D eigenvalue weighted by Gasteiger charge is 2.23. The predicted octanol–water partition coefficient (Wildman–Crippen LogP) is 3.19. The van der Waals surface area contributed by atoms with E-state index in [2.05, 4.69) is 21.7 Å². The van der Waals surface area contributed by atoms with Crippen LogP contribution in [0.1, 0.15) is 39.7 Å². The van der Waals surface area contributed by atoms with Gasteiger partial charge in [0.05, 0.1) is 23.5 Å². The molecule has 20 heavy (non-hydrogen) atoms. The fraction of sp³-hybridized carbons (Fsp3) is 0.286. The number of hydrogen-bond acceptors (Lipinski definition) is 4. The summed E-state index contributed by atoms with van der Waals surface area (Å²) in [5.41, 5.74) is 7.74. The Bertz CT molecular complexity index is 656. The summed E-state index contributed by atoms with van der Waals surface area (Å²) in [7, 11) is 0. The maximum atomic E-state index is 12.3. The van der Waals surface area contributed by atoms with Crippen molar-refractivity contribution in [3.05, 3.63) is 44.9 Å². The van der Waals surface area contributed by atoms with Crippen molar-refractivity contribution >= 4 is 34.5 Å². The highest BCUT2D eigenvalue weighted by Crippen LogP contribution is 2.33. The van der Waals surface area contributed by atoms with E-state index in [1.807, 2.05) is 0 Å². The molecule has 1 amide bonds. The number of nitrogens with zero attached hydrogens (tertiary/aromatic N) is 1. The fourth-order valence-electron chi connectivity index (χ4n) is 2.51. The third kappa shape index (κ3) is 2.51. The standard InChI is InChI=1S/C14H14ClN3OS/c15-13-6-9(10(16)7-17-13)14(19)18-11-2-1-3-12-8(11)4-5-20-12/h4-7,11H,1-3,16H2,(H,18,19). The first-order valence-corrected chi connectivity index (χ1v) is 7.69. The summed E-state index contributed by atoms with van der Waals surface area (Å²) >= 11 is 7.57. The Kier molecular flexibility index (Phi) is 3.63. The predicted molar refractivity (Wildman–Crippen MR) is 81.1 cm³/mol. The van der Waals surface area contributed by atoms with Crippen molar-refractivity contribution in [2.24, 2.45) is 0 Å². The average Bonchev–Trinajstić information content (AvgIpc) is 2.91. The summed E-state index contributed by atoms with van der Waals surface area (Å²) < 4.78 is 0. The number of pyridine rings is 1. The molecule has 0 radical (unpaired) electrons. The Morgan fingerprint density at radius 2 is 2.40 bits per heavy atom. The van der Waals surface area contributed by atoms with E-state index < -0.39 is 0 Å². The number of amides is 1. The van der Waals surface area contributed by atoms with Crippen LogP contribution in [0.5, 0.6) is 0 Å². The van der Waals surface area contributed by atoms with Crippen molar-refractivity contribution in [1.29, 1.82) is 0 Å². The second-order valence-electron chi connectivity index (χ2n) is 4.81. The van der Waals surface area contributed by atoms with Gasteiger partial charge in [-0.05, 0) is 42.3 Å². The molecule has 2 aromatic heterocycles.